The van der Waals surface area contributed by atoms with Gasteiger partial charge in [0.05, 0.1) is 41.3 Å². The Bertz CT molecular complexity index is 1960. The van der Waals surface area contributed by atoms with E-state index in [-0.39, 0.29) is 5.91 Å². The van der Waals surface area contributed by atoms with E-state index in [2.05, 4.69) is 26.7 Å². The monoisotopic (exact) mass is 527 g/mol. The van der Waals surface area contributed by atoms with Gasteiger partial charge in [0.25, 0.3) is 5.91 Å². The lowest BCUT2D eigenvalue weighted by Crippen LogP contribution is -2.28. The van der Waals surface area contributed by atoms with E-state index >= 15 is 0 Å². The first-order valence-electron chi connectivity index (χ1n) is 12.4. The highest BCUT2D eigenvalue weighted by molar-refractivity contribution is 6.31. The molecule has 0 bridgehead atoms. The maximum atomic E-state index is 13.4. The van der Waals surface area contributed by atoms with E-state index in [1.165, 1.54) is 0 Å². The van der Waals surface area contributed by atoms with Gasteiger partial charge in [0.15, 0.2) is 0 Å². The fourth-order valence-electron chi connectivity index (χ4n) is 4.82. The summed E-state index contributed by atoms with van der Waals surface area (Å²) >= 11 is 6.18. The lowest BCUT2D eigenvalue weighted by Gasteiger charge is -2.09. The van der Waals surface area contributed by atoms with Crippen molar-refractivity contribution in [2.75, 3.05) is 0 Å². The Balaban J connectivity index is 1.58. The summed E-state index contributed by atoms with van der Waals surface area (Å²) in [6.07, 6.45) is 1.79. The van der Waals surface area contributed by atoms with Crippen LogP contribution in [0.2, 0.25) is 5.02 Å². The minimum Gasteiger partial charge on any atom is -0.305 e. The van der Waals surface area contributed by atoms with Crippen LogP contribution >= 0.6 is 11.6 Å². The molecule has 4 aromatic carbocycles. The first-order valence-corrected chi connectivity index (χ1v) is 12.8. The smallest absolute Gasteiger partial charge is 0.280 e. The quantitative estimate of drug-likeness (QED) is 0.262. The molecule has 0 N–H and O–H groups in total. The summed E-state index contributed by atoms with van der Waals surface area (Å²) in [5.41, 5.74) is 6.31. The van der Waals surface area contributed by atoms with Crippen molar-refractivity contribution in [1.82, 2.24) is 14.1 Å². The molecule has 2 aromatic heterocycles. The zero-order valence-electron chi connectivity index (χ0n) is 20.8. The Morgan fingerprint density at radius 2 is 1.56 bits per heavy atom. The van der Waals surface area contributed by atoms with E-state index in [0.29, 0.717) is 34.9 Å². The summed E-state index contributed by atoms with van der Waals surface area (Å²) in [5.74, 6) is -0.383. The van der Waals surface area contributed by atoms with Crippen molar-refractivity contribution < 1.29 is 4.79 Å². The predicted octanol–water partition coefficient (Wildman–Crippen LogP) is 6.35. The van der Waals surface area contributed by atoms with Crippen molar-refractivity contribution in [1.29, 1.82) is 5.26 Å². The van der Waals surface area contributed by atoms with Crippen LogP contribution in [0, 0.1) is 11.3 Å². The van der Waals surface area contributed by atoms with Crippen molar-refractivity contribution in [2.45, 2.75) is 13.1 Å². The average Bonchev–Trinajstić information content (AvgIpc) is 3.25. The molecule has 0 saturated carbocycles. The molecule has 0 fully saturated rings. The number of aromatic nitrogens is 3. The van der Waals surface area contributed by atoms with E-state index in [4.69, 9.17) is 11.6 Å². The highest BCUT2D eigenvalue weighted by Gasteiger charge is 2.16. The standard InChI is InChI=1S/C32H22ClN5O/c33-27-10-4-7-25(18-27)31(39)36-32-37(20-23-15-13-22(19-34)14-16-23)28-11-1-2-12-29(28)38(32)21-26-8-3-6-24-9-5-17-35-30(24)26/h1-18H,20-21H2. The predicted molar refractivity (Wildman–Crippen MR) is 152 cm³/mol. The molecule has 39 heavy (non-hydrogen) atoms. The summed E-state index contributed by atoms with van der Waals surface area (Å²) in [6, 6.07) is 34.5. The molecule has 188 valence electrons. The molecule has 0 radical (unpaired) electrons. The van der Waals surface area contributed by atoms with E-state index in [0.717, 1.165) is 33.1 Å². The molecule has 6 rings (SSSR count). The molecule has 6 nitrogen and oxygen atoms in total. The number of hydrogen-bond donors (Lipinski definition) is 0. The number of para-hydroxylation sites is 3. The summed E-state index contributed by atoms with van der Waals surface area (Å²) in [6.45, 7) is 0.936. The molecule has 2 heterocycles. The van der Waals surface area contributed by atoms with Crippen molar-refractivity contribution >= 4 is 39.4 Å². The number of nitrogens with zero attached hydrogens (tertiary/aromatic N) is 5. The van der Waals surface area contributed by atoms with E-state index in [1.807, 2.05) is 65.2 Å². The van der Waals surface area contributed by atoms with Gasteiger partial charge in [0, 0.05) is 22.2 Å². The molecule has 0 saturated heterocycles. The number of fused-ring (bicyclic) bond motifs is 2. The maximum Gasteiger partial charge on any atom is 0.280 e. The number of carbonyl (C=O) groups is 1. The molecule has 7 heteroatoms. The van der Waals surface area contributed by atoms with E-state index < -0.39 is 0 Å². The Labute approximate surface area is 229 Å². The zero-order chi connectivity index (χ0) is 26.8. The molecule has 6 aromatic rings. The number of pyridine rings is 1. The van der Waals surface area contributed by atoms with Crippen LogP contribution in [0.15, 0.2) is 114 Å². The first kappa shape index (κ1) is 24.4. The summed E-state index contributed by atoms with van der Waals surface area (Å²) in [4.78, 5) is 22.8. The van der Waals surface area contributed by atoms with Crippen LogP contribution in [0.3, 0.4) is 0 Å². The number of carbonyl (C=O) groups excluding carboxylic acids is 1. The average molecular weight is 528 g/mol. The molecule has 0 unspecified atom stereocenters. The second-order valence-electron chi connectivity index (χ2n) is 9.19. The van der Waals surface area contributed by atoms with Crippen molar-refractivity contribution in [3.05, 3.63) is 142 Å². The maximum absolute atomic E-state index is 13.4. The Morgan fingerprint density at radius 3 is 2.31 bits per heavy atom. The lowest BCUT2D eigenvalue weighted by atomic mass is 10.1. The molecule has 0 aliphatic heterocycles. The minimum atomic E-state index is -0.383. The molecular formula is C32H22ClN5O. The molecule has 1 amide bonds. The fourth-order valence-corrected chi connectivity index (χ4v) is 5.01. The Kier molecular flexibility index (Phi) is 6.50. The van der Waals surface area contributed by atoms with Gasteiger partial charge in [-0.2, -0.15) is 10.3 Å². The second-order valence-corrected chi connectivity index (χ2v) is 9.63. The number of rotatable bonds is 5. The number of benzene rings is 4. The van der Waals surface area contributed by atoms with E-state index in [9.17, 15) is 10.1 Å². The van der Waals surface area contributed by atoms with Crippen molar-refractivity contribution in [3.63, 3.8) is 0 Å². The number of hydrogen-bond acceptors (Lipinski definition) is 3. The Morgan fingerprint density at radius 1 is 0.846 bits per heavy atom. The summed E-state index contributed by atoms with van der Waals surface area (Å²) in [5, 5.41) is 10.7. The minimum absolute atomic E-state index is 0.383. The van der Waals surface area contributed by atoms with Crippen LogP contribution in [-0.2, 0) is 13.1 Å². The van der Waals surface area contributed by atoms with Crippen LogP contribution in [0.4, 0.5) is 0 Å². The van der Waals surface area contributed by atoms with Crippen LogP contribution in [0.1, 0.15) is 27.0 Å². The van der Waals surface area contributed by atoms with Gasteiger partial charge in [0.2, 0.25) is 5.62 Å². The molecular weight excluding hydrogens is 506 g/mol. The van der Waals surface area contributed by atoms with Crippen LogP contribution in [0.25, 0.3) is 21.9 Å². The normalized spacial score (nSPS) is 11.6. The zero-order valence-corrected chi connectivity index (χ0v) is 21.6. The van der Waals surface area contributed by atoms with Gasteiger partial charge in [-0.3, -0.25) is 9.78 Å². The third kappa shape index (κ3) is 4.84. The number of nitriles is 1. The number of amides is 1. The summed E-state index contributed by atoms with van der Waals surface area (Å²) < 4.78 is 4.10. The van der Waals surface area contributed by atoms with Gasteiger partial charge in [-0.05, 0) is 59.7 Å². The van der Waals surface area contributed by atoms with Crippen molar-refractivity contribution in [3.8, 4) is 6.07 Å². The largest absolute Gasteiger partial charge is 0.305 e. The van der Waals surface area contributed by atoms with E-state index in [1.54, 1.807) is 42.6 Å². The molecule has 0 atom stereocenters. The molecule has 0 aliphatic carbocycles. The van der Waals surface area contributed by atoms with Crippen LogP contribution in [-0.4, -0.2) is 20.0 Å². The second kappa shape index (κ2) is 10.4. The van der Waals surface area contributed by atoms with Gasteiger partial charge in [0.1, 0.15) is 0 Å². The van der Waals surface area contributed by atoms with Gasteiger partial charge >= 0.3 is 0 Å². The van der Waals surface area contributed by atoms with Gasteiger partial charge in [-0.1, -0.05) is 66.2 Å². The number of halogens is 1. The molecule has 0 aliphatic rings. The van der Waals surface area contributed by atoms with Gasteiger partial charge < -0.3 is 9.13 Å². The van der Waals surface area contributed by atoms with Gasteiger partial charge in [-0.25, -0.2) is 0 Å². The SMILES string of the molecule is N#Cc1ccc(Cn2c(=NC(=O)c3cccc(Cl)c3)n(Cc3cccc4cccnc34)c3ccccc32)cc1. The highest BCUT2D eigenvalue weighted by atomic mass is 35.5. The topological polar surface area (TPSA) is 76.0 Å². The summed E-state index contributed by atoms with van der Waals surface area (Å²) in [7, 11) is 0. The third-order valence-electron chi connectivity index (χ3n) is 6.69. The first-order chi connectivity index (χ1) is 19.1. The Hall–Kier alpha value is -4.99. The van der Waals surface area contributed by atoms with Crippen LogP contribution in [0.5, 0.6) is 0 Å². The fraction of sp³-hybridized carbons (Fsp3) is 0.0625. The van der Waals surface area contributed by atoms with Gasteiger partial charge in [-0.15, -0.1) is 0 Å². The lowest BCUT2D eigenvalue weighted by molar-refractivity contribution is 0.0996. The van der Waals surface area contributed by atoms with Crippen LogP contribution < -0.4 is 5.62 Å². The van der Waals surface area contributed by atoms with Crippen molar-refractivity contribution in [2.24, 2.45) is 4.99 Å². The molecule has 0 spiro atoms. The highest BCUT2D eigenvalue weighted by Crippen LogP contribution is 2.21. The number of imidazole rings is 1. The third-order valence-corrected chi connectivity index (χ3v) is 6.92.